The number of carboxylic acid groups (broad SMARTS) is 1. The van der Waals surface area contributed by atoms with E-state index in [1.165, 1.54) is 12.8 Å². The SMILES string of the molecule is O=C(O)CCCNC(=O)N1CCCC(c2n[nH]c(C3CC3)n2)C1. The van der Waals surface area contributed by atoms with E-state index in [0.29, 0.717) is 25.4 Å². The maximum Gasteiger partial charge on any atom is 0.317 e. The number of urea groups is 1. The number of carbonyl (C=O) groups excluding carboxylic acids is 1. The lowest BCUT2D eigenvalue weighted by Crippen LogP contribution is -2.45. The molecule has 0 radical (unpaired) electrons. The summed E-state index contributed by atoms with van der Waals surface area (Å²) in [6, 6.07) is -0.127. The number of aromatic amines is 1. The van der Waals surface area contributed by atoms with Crippen LogP contribution in [0.2, 0.25) is 0 Å². The minimum absolute atomic E-state index is 0.0735. The summed E-state index contributed by atoms with van der Waals surface area (Å²) in [6.07, 6.45) is 4.81. The zero-order valence-corrected chi connectivity index (χ0v) is 13.1. The average molecular weight is 321 g/mol. The van der Waals surface area contributed by atoms with Gasteiger partial charge in [0.25, 0.3) is 0 Å². The van der Waals surface area contributed by atoms with E-state index in [1.54, 1.807) is 4.90 Å². The van der Waals surface area contributed by atoms with Crippen LogP contribution in [0.5, 0.6) is 0 Å². The van der Waals surface area contributed by atoms with E-state index < -0.39 is 5.97 Å². The van der Waals surface area contributed by atoms with Gasteiger partial charge in [0.15, 0.2) is 5.82 Å². The number of aliphatic carboxylic acids is 1. The minimum atomic E-state index is -0.839. The van der Waals surface area contributed by atoms with Gasteiger partial charge in [0.05, 0.1) is 0 Å². The van der Waals surface area contributed by atoms with Crippen LogP contribution >= 0.6 is 0 Å². The molecular weight excluding hydrogens is 298 g/mol. The fourth-order valence-corrected chi connectivity index (χ4v) is 2.93. The van der Waals surface area contributed by atoms with Crippen molar-refractivity contribution in [2.24, 2.45) is 0 Å². The van der Waals surface area contributed by atoms with E-state index in [0.717, 1.165) is 31.0 Å². The molecule has 8 heteroatoms. The van der Waals surface area contributed by atoms with E-state index in [1.807, 2.05) is 0 Å². The Morgan fingerprint density at radius 2 is 2.13 bits per heavy atom. The molecule has 1 unspecified atom stereocenters. The number of piperidine rings is 1. The standard InChI is InChI=1S/C15H23N5O3/c21-12(22)4-1-7-16-15(23)20-8-2-3-11(9-20)14-17-13(18-19-14)10-5-6-10/h10-11H,1-9H2,(H,16,23)(H,21,22)(H,17,18,19). The lowest BCUT2D eigenvalue weighted by atomic mass is 9.97. The summed E-state index contributed by atoms with van der Waals surface area (Å²) in [4.78, 5) is 29.0. The van der Waals surface area contributed by atoms with Crippen LogP contribution in [0.25, 0.3) is 0 Å². The predicted molar refractivity (Wildman–Crippen MR) is 82.2 cm³/mol. The third-order valence-corrected chi connectivity index (χ3v) is 4.40. The summed E-state index contributed by atoms with van der Waals surface area (Å²) in [7, 11) is 0. The normalized spacial score (nSPS) is 21.2. The van der Waals surface area contributed by atoms with Gasteiger partial charge in [0.2, 0.25) is 0 Å². The highest BCUT2D eigenvalue weighted by Gasteiger charge is 2.31. The smallest absolute Gasteiger partial charge is 0.317 e. The van der Waals surface area contributed by atoms with E-state index in [9.17, 15) is 9.59 Å². The molecule has 1 atom stereocenters. The highest BCUT2D eigenvalue weighted by Crippen LogP contribution is 2.38. The first-order valence-corrected chi connectivity index (χ1v) is 8.30. The second-order valence-corrected chi connectivity index (χ2v) is 6.37. The minimum Gasteiger partial charge on any atom is -0.481 e. The van der Waals surface area contributed by atoms with Gasteiger partial charge in [-0.05, 0) is 32.1 Å². The molecule has 23 heavy (non-hydrogen) atoms. The molecule has 2 amide bonds. The largest absolute Gasteiger partial charge is 0.481 e. The molecule has 0 spiro atoms. The molecule has 1 aromatic heterocycles. The molecule has 2 fully saturated rings. The topological polar surface area (TPSA) is 111 Å². The van der Waals surface area contributed by atoms with E-state index in [2.05, 4.69) is 20.5 Å². The lowest BCUT2D eigenvalue weighted by Gasteiger charge is -2.31. The van der Waals surface area contributed by atoms with Gasteiger partial charge in [-0.25, -0.2) is 9.78 Å². The van der Waals surface area contributed by atoms with Crippen LogP contribution in [-0.4, -0.2) is 56.8 Å². The summed E-state index contributed by atoms with van der Waals surface area (Å²) >= 11 is 0. The molecule has 1 aromatic rings. The van der Waals surface area contributed by atoms with Crippen molar-refractivity contribution < 1.29 is 14.7 Å². The number of hydrogen-bond acceptors (Lipinski definition) is 4. The van der Waals surface area contributed by atoms with Crippen molar-refractivity contribution in [3.8, 4) is 0 Å². The van der Waals surface area contributed by atoms with Crippen molar-refractivity contribution in [1.82, 2.24) is 25.4 Å². The molecule has 0 bridgehead atoms. The second kappa shape index (κ2) is 6.97. The first-order chi connectivity index (χ1) is 11.1. The third-order valence-electron chi connectivity index (χ3n) is 4.40. The lowest BCUT2D eigenvalue weighted by molar-refractivity contribution is -0.137. The maximum atomic E-state index is 12.2. The number of amides is 2. The number of rotatable bonds is 6. The molecule has 0 aromatic carbocycles. The van der Waals surface area contributed by atoms with Gasteiger partial charge in [-0.3, -0.25) is 9.89 Å². The predicted octanol–water partition coefficient (Wildman–Crippen LogP) is 1.44. The summed E-state index contributed by atoms with van der Waals surface area (Å²) in [6.45, 7) is 1.73. The summed E-state index contributed by atoms with van der Waals surface area (Å²) < 4.78 is 0. The molecule has 126 valence electrons. The van der Waals surface area contributed by atoms with Gasteiger partial charge in [0.1, 0.15) is 5.82 Å². The van der Waals surface area contributed by atoms with Crippen molar-refractivity contribution in [2.45, 2.75) is 50.4 Å². The Morgan fingerprint density at radius 3 is 2.87 bits per heavy atom. The quantitative estimate of drug-likeness (QED) is 0.686. The molecule has 2 heterocycles. The number of carboxylic acids is 1. The van der Waals surface area contributed by atoms with E-state index in [4.69, 9.17) is 5.11 Å². The number of hydrogen-bond donors (Lipinski definition) is 3. The Hall–Kier alpha value is -2.12. The first kappa shape index (κ1) is 15.8. The van der Waals surface area contributed by atoms with E-state index >= 15 is 0 Å². The Morgan fingerprint density at radius 1 is 1.30 bits per heavy atom. The van der Waals surface area contributed by atoms with Crippen LogP contribution < -0.4 is 5.32 Å². The van der Waals surface area contributed by atoms with E-state index in [-0.39, 0.29) is 18.4 Å². The number of nitrogens with one attached hydrogen (secondary N) is 2. The van der Waals surface area contributed by atoms with Gasteiger partial charge in [-0.15, -0.1) is 0 Å². The molecule has 3 N–H and O–H groups in total. The van der Waals surface area contributed by atoms with Crippen molar-refractivity contribution in [1.29, 1.82) is 0 Å². The molecule has 1 aliphatic carbocycles. The number of H-pyrrole nitrogens is 1. The third kappa shape index (κ3) is 4.20. The number of carbonyl (C=O) groups is 2. The Bertz CT molecular complexity index is 569. The van der Waals surface area contributed by atoms with Gasteiger partial charge in [-0.1, -0.05) is 0 Å². The van der Waals surface area contributed by atoms with Gasteiger partial charge >= 0.3 is 12.0 Å². The maximum absolute atomic E-state index is 12.2. The number of aromatic nitrogens is 3. The highest BCUT2D eigenvalue weighted by atomic mass is 16.4. The zero-order chi connectivity index (χ0) is 16.2. The second-order valence-electron chi connectivity index (χ2n) is 6.37. The van der Waals surface area contributed by atoms with Crippen molar-refractivity contribution in [2.75, 3.05) is 19.6 Å². The first-order valence-electron chi connectivity index (χ1n) is 8.30. The Labute approximate surface area is 134 Å². The van der Waals surface area contributed by atoms with Crippen LogP contribution in [-0.2, 0) is 4.79 Å². The fourth-order valence-electron chi connectivity index (χ4n) is 2.93. The molecule has 1 saturated carbocycles. The molecule has 8 nitrogen and oxygen atoms in total. The van der Waals surface area contributed by atoms with Gasteiger partial charge in [0, 0.05) is 37.9 Å². The zero-order valence-electron chi connectivity index (χ0n) is 13.1. The van der Waals surface area contributed by atoms with Crippen molar-refractivity contribution in [3.63, 3.8) is 0 Å². The monoisotopic (exact) mass is 321 g/mol. The number of nitrogens with zero attached hydrogens (tertiary/aromatic N) is 3. The molecule has 3 rings (SSSR count). The molecular formula is C15H23N5O3. The van der Waals surface area contributed by atoms with Gasteiger partial charge in [-0.2, -0.15) is 5.10 Å². The Kier molecular flexibility index (Phi) is 4.78. The number of likely N-dealkylation sites (tertiary alicyclic amines) is 1. The fraction of sp³-hybridized carbons (Fsp3) is 0.733. The van der Waals surface area contributed by atoms with Crippen LogP contribution in [0, 0.1) is 0 Å². The summed E-state index contributed by atoms with van der Waals surface area (Å²) in [5.41, 5.74) is 0. The average Bonchev–Trinajstić information content (AvgIpc) is 3.28. The van der Waals surface area contributed by atoms with Crippen molar-refractivity contribution >= 4 is 12.0 Å². The van der Waals surface area contributed by atoms with Crippen LogP contribution in [0.15, 0.2) is 0 Å². The molecule has 1 aliphatic heterocycles. The summed E-state index contributed by atoms with van der Waals surface area (Å²) in [5, 5.41) is 18.7. The highest BCUT2D eigenvalue weighted by molar-refractivity contribution is 5.74. The van der Waals surface area contributed by atoms with Crippen LogP contribution in [0.4, 0.5) is 4.79 Å². The van der Waals surface area contributed by atoms with Gasteiger partial charge < -0.3 is 15.3 Å². The molecule has 2 aliphatic rings. The Balaban J connectivity index is 1.48. The van der Waals surface area contributed by atoms with Crippen LogP contribution in [0.1, 0.15) is 62.0 Å². The van der Waals surface area contributed by atoms with Crippen LogP contribution in [0.3, 0.4) is 0 Å². The van der Waals surface area contributed by atoms with Crippen molar-refractivity contribution in [3.05, 3.63) is 11.6 Å². The molecule has 1 saturated heterocycles. The summed E-state index contributed by atoms with van der Waals surface area (Å²) in [5.74, 6) is 1.68.